The minimum atomic E-state index is -0.0874. The molecule has 0 aliphatic rings. The molecule has 0 atom stereocenters. The van der Waals surface area contributed by atoms with Gasteiger partial charge in [-0.05, 0) is 24.1 Å². The number of thiophene rings is 1. The van der Waals surface area contributed by atoms with Gasteiger partial charge in [0, 0.05) is 15.8 Å². The second-order valence-electron chi connectivity index (χ2n) is 6.07. The number of rotatable bonds is 5. The molecule has 4 nitrogen and oxygen atoms in total. The Balaban J connectivity index is 1.83. The zero-order valence-corrected chi connectivity index (χ0v) is 15.9. The molecule has 0 aliphatic heterocycles. The molecule has 6 heteroatoms. The van der Waals surface area contributed by atoms with Gasteiger partial charge in [-0.3, -0.25) is 9.36 Å². The van der Waals surface area contributed by atoms with Crippen molar-refractivity contribution in [2.24, 2.45) is 0 Å². The summed E-state index contributed by atoms with van der Waals surface area (Å²) in [6.45, 7) is 2.25. The van der Waals surface area contributed by atoms with E-state index < -0.39 is 0 Å². The lowest BCUT2D eigenvalue weighted by Crippen LogP contribution is -2.24. The number of aryl methyl sites for hydroxylation is 1. The van der Waals surface area contributed by atoms with Gasteiger partial charge in [-0.25, -0.2) is 4.98 Å². The van der Waals surface area contributed by atoms with Crippen LogP contribution in [0.25, 0.3) is 20.3 Å². The van der Waals surface area contributed by atoms with Gasteiger partial charge in [-0.1, -0.05) is 54.2 Å². The molecular weight excluding hydrogens is 364 g/mol. The lowest BCUT2D eigenvalue weighted by atomic mass is 10.1. The first kappa shape index (κ1) is 17.3. The molecule has 2 aromatic heterocycles. The Bertz CT molecular complexity index is 1150. The van der Waals surface area contributed by atoms with Crippen LogP contribution in [0.3, 0.4) is 0 Å². The molecule has 0 radical (unpaired) electrons. The van der Waals surface area contributed by atoms with E-state index >= 15 is 0 Å². The highest BCUT2D eigenvalue weighted by atomic mass is 32.2. The van der Waals surface area contributed by atoms with E-state index in [-0.39, 0.29) is 18.7 Å². The maximum Gasteiger partial charge on any atom is 0.272 e. The second kappa shape index (κ2) is 7.23. The lowest BCUT2D eigenvalue weighted by Gasteiger charge is -2.11. The van der Waals surface area contributed by atoms with Crippen molar-refractivity contribution >= 4 is 43.4 Å². The number of nitrogens with zero attached hydrogens (tertiary/aromatic N) is 2. The third-order valence-corrected chi connectivity index (χ3v) is 6.56. The van der Waals surface area contributed by atoms with Crippen molar-refractivity contribution in [3.63, 3.8) is 0 Å². The van der Waals surface area contributed by atoms with Crippen LogP contribution in [0.5, 0.6) is 0 Å². The fourth-order valence-corrected chi connectivity index (χ4v) is 5.16. The van der Waals surface area contributed by atoms with E-state index in [1.165, 1.54) is 22.5 Å². The van der Waals surface area contributed by atoms with Gasteiger partial charge >= 0.3 is 0 Å². The van der Waals surface area contributed by atoms with E-state index in [4.69, 9.17) is 4.98 Å². The van der Waals surface area contributed by atoms with Crippen molar-refractivity contribution in [1.29, 1.82) is 0 Å². The summed E-state index contributed by atoms with van der Waals surface area (Å²) < 4.78 is 3.31. The van der Waals surface area contributed by atoms with Gasteiger partial charge in [-0.2, -0.15) is 0 Å². The van der Waals surface area contributed by atoms with Crippen molar-refractivity contribution in [1.82, 2.24) is 9.55 Å². The normalized spacial score (nSPS) is 11.5. The van der Waals surface area contributed by atoms with Crippen molar-refractivity contribution in [2.45, 2.75) is 24.4 Å². The summed E-state index contributed by atoms with van der Waals surface area (Å²) in [5.41, 5.74) is 3.13. The Morgan fingerprint density at radius 1 is 1.15 bits per heavy atom. The van der Waals surface area contributed by atoms with Crippen molar-refractivity contribution in [2.75, 3.05) is 6.61 Å². The number of aliphatic hydroxyl groups excluding tert-OH is 1. The van der Waals surface area contributed by atoms with Gasteiger partial charge in [0.15, 0.2) is 5.16 Å². The average Bonchev–Trinajstić information content (AvgIpc) is 3.03. The molecule has 2 aromatic carbocycles. The van der Waals surface area contributed by atoms with Crippen LogP contribution in [0, 0.1) is 6.92 Å². The third kappa shape index (κ3) is 3.05. The number of hydrogen-bond acceptors (Lipinski definition) is 5. The van der Waals surface area contributed by atoms with Crippen LogP contribution in [0.2, 0.25) is 0 Å². The SMILES string of the molecule is Cc1ccccc1CSc1nc2c(sc3ccccc32)c(=O)n1CCO. The maximum absolute atomic E-state index is 13.0. The third-order valence-electron chi connectivity index (χ3n) is 4.39. The van der Waals surface area contributed by atoms with E-state index in [0.717, 1.165) is 21.4 Å². The Morgan fingerprint density at radius 2 is 1.92 bits per heavy atom. The largest absolute Gasteiger partial charge is 0.395 e. The van der Waals surface area contributed by atoms with Gasteiger partial charge in [0.25, 0.3) is 5.56 Å². The fraction of sp³-hybridized carbons (Fsp3) is 0.200. The van der Waals surface area contributed by atoms with Crippen LogP contribution >= 0.6 is 23.1 Å². The van der Waals surface area contributed by atoms with Crippen LogP contribution in [0.4, 0.5) is 0 Å². The minimum absolute atomic E-state index is 0.0717. The standard InChI is InChI=1S/C20H18N2O2S2/c1-13-6-2-3-7-14(13)12-25-20-21-17-15-8-4-5-9-16(15)26-18(17)19(24)22(20)10-11-23/h2-9,23H,10-12H2,1H3. The highest BCUT2D eigenvalue weighted by Crippen LogP contribution is 2.32. The van der Waals surface area contributed by atoms with Gasteiger partial charge in [-0.15, -0.1) is 11.3 Å². The first-order valence-corrected chi connectivity index (χ1v) is 10.2. The monoisotopic (exact) mass is 382 g/mol. The molecule has 0 saturated heterocycles. The summed E-state index contributed by atoms with van der Waals surface area (Å²) in [7, 11) is 0. The molecule has 0 bridgehead atoms. The number of benzene rings is 2. The molecule has 4 rings (SSSR count). The topological polar surface area (TPSA) is 55.1 Å². The van der Waals surface area contributed by atoms with Crippen molar-refractivity contribution in [3.8, 4) is 0 Å². The first-order chi connectivity index (χ1) is 12.7. The summed E-state index contributed by atoms with van der Waals surface area (Å²) >= 11 is 3.01. The summed E-state index contributed by atoms with van der Waals surface area (Å²) in [4.78, 5) is 17.8. The Hall–Kier alpha value is -2.15. The molecule has 0 saturated carbocycles. The van der Waals surface area contributed by atoms with Crippen molar-refractivity contribution in [3.05, 3.63) is 70.0 Å². The fourth-order valence-electron chi connectivity index (χ4n) is 2.97. The van der Waals surface area contributed by atoms with Crippen LogP contribution in [0.15, 0.2) is 58.5 Å². The number of aromatic nitrogens is 2. The van der Waals surface area contributed by atoms with Crippen LogP contribution in [-0.4, -0.2) is 21.3 Å². The average molecular weight is 383 g/mol. The molecule has 4 aromatic rings. The predicted molar refractivity (Wildman–Crippen MR) is 109 cm³/mol. The molecule has 0 spiro atoms. The van der Waals surface area contributed by atoms with E-state index in [1.54, 1.807) is 16.3 Å². The highest BCUT2D eigenvalue weighted by Gasteiger charge is 2.16. The summed E-state index contributed by atoms with van der Waals surface area (Å²) in [5.74, 6) is 0.734. The van der Waals surface area contributed by atoms with Crippen molar-refractivity contribution < 1.29 is 5.11 Å². The van der Waals surface area contributed by atoms with Gasteiger partial charge in [0.1, 0.15) is 4.70 Å². The molecule has 132 valence electrons. The zero-order valence-electron chi connectivity index (χ0n) is 14.3. The summed E-state index contributed by atoms with van der Waals surface area (Å²) in [5, 5.41) is 11.1. The molecule has 2 heterocycles. The van der Waals surface area contributed by atoms with E-state index in [0.29, 0.717) is 9.86 Å². The summed E-state index contributed by atoms with van der Waals surface area (Å²) in [6, 6.07) is 16.2. The van der Waals surface area contributed by atoms with Crippen LogP contribution < -0.4 is 5.56 Å². The van der Waals surface area contributed by atoms with E-state index in [9.17, 15) is 9.90 Å². The molecule has 0 aliphatic carbocycles. The first-order valence-electron chi connectivity index (χ1n) is 8.39. The number of aliphatic hydroxyl groups is 1. The smallest absolute Gasteiger partial charge is 0.272 e. The Morgan fingerprint density at radius 3 is 2.73 bits per heavy atom. The van der Waals surface area contributed by atoms with E-state index in [1.807, 2.05) is 36.4 Å². The molecule has 0 unspecified atom stereocenters. The summed E-state index contributed by atoms with van der Waals surface area (Å²) in [6.07, 6.45) is 0. The Labute approximate surface area is 159 Å². The Kier molecular flexibility index (Phi) is 4.80. The number of hydrogen-bond donors (Lipinski definition) is 1. The van der Waals surface area contributed by atoms with Crippen LogP contribution in [-0.2, 0) is 12.3 Å². The number of fused-ring (bicyclic) bond motifs is 3. The lowest BCUT2D eigenvalue weighted by molar-refractivity contribution is 0.268. The highest BCUT2D eigenvalue weighted by molar-refractivity contribution is 7.98. The molecule has 0 fully saturated rings. The molecule has 26 heavy (non-hydrogen) atoms. The minimum Gasteiger partial charge on any atom is -0.395 e. The second-order valence-corrected chi connectivity index (χ2v) is 8.06. The maximum atomic E-state index is 13.0. The van der Waals surface area contributed by atoms with E-state index in [2.05, 4.69) is 19.1 Å². The van der Waals surface area contributed by atoms with Crippen LogP contribution in [0.1, 0.15) is 11.1 Å². The number of thioether (sulfide) groups is 1. The molecule has 1 N–H and O–H groups in total. The quantitative estimate of drug-likeness (QED) is 0.415. The predicted octanol–water partition coefficient (Wildman–Crippen LogP) is 4.20. The molecule has 0 amide bonds. The van der Waals surface area contributed by atoms with Gasteiger partial charge < -0.3 is 5.11 Å². The van der Waals surface area contributed by atoms with Gasteiger partial charge in [0.05, 0.1) is 18.7 Å². The zero-order chi connectivity index (χ0) is 18.1. The molecular formula is C20H18N2O2S2. The van der Waals surface area contributed by atoms with Gasteiger partial charge in [0.2, 0.25) is 0 Å².